The van der Waals surface area contributed by atoms with Gasteiger partial charge < -0.3 is 10.0 Å². The maximum Gasteiger partial charge on any atom is 0.304 e. The fourth-order valence-corrected chi connectivity index (χ4v) is 4.25. The summed E-state index contributed by atoms with van der Waals surface area (Å²) in [5, 5.41) is 15.3. The van der Waals surface area contributed by atoms with Crippen LogP contribution in [-0.4, -0.2) is 71.6 Å². The van der Waals surface area contributed by atoms with Crippen LogP contribution in [0.2, 0.25) is 0 Å². The Morgan fingerprint density at radius 2 is 1.90 bits per heavy atom. The summed E-state index contributed by atoms with van der Waals surface area (Å²) in [5.74, 6) is -0.838. The van der Waals surface area contributed by atoms with E-state index in [1.54, 1.807) is 13.8 Å². The first-order valence-electron chi connectivity index (χ1n) is 6.78. The summed E-state index contributed by atoms with van der Waals surface area (Å²) in [6, 6.07) is 0. The Morgan fingerprint density at radius 1 is 1.29 bits per heavy atom. The number of hydrogen-bond acceptors (Lipinski definition) is 5. The Bertz CT molecular complexity index is 598. The molecular weight excluding hydrogens is 296 g/mol. The molecular formula is C12H20N4O4S. The first kappa shape index (κ1) is 15.9. The molecule has 1 aromatic rings. The average Bonchev–Trinajstić information content (AvgIpc) is 2.77. The number of rotatable bonds is 5. The molecule has 0 aromatic carbocycles. The predicted octanol–water partition coefficient (Wildman–Crippen LogP) is -0.192. The molecule has 1 aromatic heterocycles. The molecule has 118 valence electrons. The van der Waals surface area contributed by atoms with Crippen LogP contribution < -0.4 is 0 Å². The highest BCUT2D eigenvalue weighted by molar-refractivity contribution is 7.89. The van der Waals surface area contributed by atoms with E-state index in [0.29, 0.717) is 44.1 Å². The van der Waals surface area contributed by atoms with Gasteiger partial charge in [0.1, 0.15) is 4.90 Å². The van der Waals surface area contributed by atoms with Crippen LogP contribution in [0.4, 0.5) is 0 Å². The van der Waals surface area contributed by atoms with Crippen molar-refractivity contribution < 1.29 is 18.3 Å². The molecule has 21 heavy (non-hydrogen) atoms. The highest BCUT2D eigenvalue weighted by atomic mass is 32.2. The molecule has 0 radical (unpaired) electrons. The van der Waals surface area contributed by atoms with Crippen LogP contribution in [0.25, 0.3) is 0 Å². The highest BCUT2D eigenvalue weighted by Crippen LogP contribution is 2.22. The van der Waals surface area contributed by atoms with Crippen molar-refractivity contribution in [2.75, 3.05) is 32.7 Å². The zero-order valence-corrected chi connectivity index (χ0v) is 13.0. The molecule has 0 spiro atoms. The third-order valence-corrected chi connectivity index (χ3v) is 5.79. The van der Waals surface area contributed by atoms with Crippen LogP contribution in [0, 0.1) is 13.8 Å². The van der Waals surface area contributed by atoms with Gasteiger partial charge >= 0.3 is 5.97 Å². The summed E-state index contributed by atoms with van der Waals surface area (Å²) in [6.07, 6.45) is 0.0761. The van der Waals surface area contributed by atoms with Crippen molar-refractivity contribution in [2.24, 2.45) is 0 Å². The van der Waals surface area contributed by atoms with E-state index >= 15 is 0 Å². The van der Waals surface area contributed by atoms with E-state index in [4.69, 9.17) is 5.11 Å². The topological polar surface area (TPSA) is 107 Å². The van der Waals surface area contributed by atoms with Crippen molar-refractivity contribution in [1.29, 1.82) is 0 Å². The second-order valence-electron chi connectivity index (χ2n) is 5.15. The lowest BCUT2D eigenvalue weighted by Gasteiger charge is -2.33. The van der Waals surface area contributed by atoms with Gasteiger partial charge in [0.05, 0.1) is 17.8 Å². The van der Waals surface area contributed by atoms with E-state index < -0.39 is 16.0 Å². The van der Waals surface area contributed by atoms with Gasteiger partial charge in [-0.2, -0.15) is 9.40 Å². The molecule has 2 rings (SSSR count). The van der Waals surface area contributed by atoms with Crippen LogP contribution in [0.15, 0.2) is 4.90 Å². The summed E-state index contributed by atoms with van der Waals surface area (Å²) in [6.45, 7) is 5.63. The van der Waals surface area contributed by atoms with E-state index in [0.717, 1.165) is 0 Å². The maximum atomic E-state index is 12.6. The van der Waals surface area contributed by atoms with E-state index in [2.05, 4.69) is 10.2 Å². The van der Waals surface area contributed by atoms with Crippen LogP contribution in [0.5, 0.6) is 0 Å². The van der Waals surface area contributed by atoms with Crippen molar-refractivity contribution in [3.63, 3.8) is 0 Å². The van der Waals surface area contributed by atoms with Gasteiger partial charge in [-0.3, -0.25) is 9.89 Å². The zero-order chi connectivity index (χ0) is 15.6. The van der Waals surface area contributed by atoms with E-state index in [-0.39, 0.29) is 11.3 Å². The Kier molecular flexibility index (Phi) is 4.64. The number of aryl methyl sites for hydroxylation is 2. The molecule has 9 heteroatoms. The van der Waals surface area contributed by atoms with Crippen molar-refractivity contribution in [2.45, 2.75) is 25.2 Å². The number of H-pyrrole nitrogens is 1. The van der Waals surface area contributed by atoms with Crippen LogP contribution in [0.1, 0.15) is 17.8 Å². The SMILES string of the molecule is Cc1n[nH]c(C)c1S(=O)(=O)N1CCN(CCC(=O)O)CC1. The minimum atomic E-state index is -3.54. The van der Waals surface area contributed by atoms with Gasteiger partial charge in [-0.05, 0) is 13.8 Å². The summed E-state index contributed by atoms with van der Waals surface area (Å²) >= 11 is 0. The largest absolute Gasteiger partial charge is 0.481 e. The lowest BCUT2D eigenvalue weighted by molar-refractivity contribution is -0.137. The number of aromatic amines is 1. The molecule has 1 aliphatic heterocycles. The molecule has 1 saturated heterocycles. The number of carboxylic acid groups (broad SMARTS) is 1. The number of aromatic nitrogens is 2. The molecule has 0 aliphatic carbocycles. The number of sulfonamides is 1. The first-order valence-corrected chi connectivity index (χ1v) is 8.22. The van der Waals surface area contributed by atoms with Crippen molar-refractivity contribution in [3.8, 4) is 0 Å². The second kappa shape index (κ2) is 6.12. The Morgan fingerprint density at radius 3 is 2.38 bits per heavy atom. The van der Waals surface area contributed by atoms with Crippen molar-refractivity contribution in [3.05, 3.63) is 11.4 Å². The molecule has 0 amide bonds. The quantitative estimate of drug-likeness (QED) is 0.779. The number of carboxylic acids is 1. The van der Waals surface area contributed by atoms with Crippen LogP contribution >= 0.6 is 0 Å². The van der Waals surface area contributed by atoms with Gasteiger partial charge in [0.15, 0.2) is 0 Å². The Balaban J connectivity index is 2.03. The maximum absolute atomic E-state index is 12.6. The Labute approximate surface area is 123 Å². The lowest BCUT2D eigenvalue weighted by atomic mass is 10.3. The van der Waals surface area contributed by atoms with Crippen molar-refractivity contribution in [1.82, 2.24) is 19.4 Å². The average molecular weight is 316 g/mol. The van der Waals surface area contributed by atoms with Gasteiger partial charge in [-0.15, -0.1) is 0 Å². The van der Waals surface area contributed by atoms with Gasteiger partial charge in [-0.25, -0.2) is 8.42 Å². The van der Waals surface area contributed by atoms with Crippen LogP contribution in [-0.2, 0) is 14.8 Å². The normalized spacial score (nSPS) is 18.0. The summed E-state index contributed by atoms with van der Waals surface area (Å²) in [4.78, 5) is 12.8. The van der Waals surface area contributed by atoms with Gasteiger partial charge in [0.25, 0.3) is 0 Å². The number of hydrogen-bond donors (Lipinski definition) is 2. The number of piperazine rings is 1. The van der Waals surface area contributed by atoms with Gasteiger partial charge in [-0.1, -0.05) is 0 Å². The fourth-order valence-electron chi connectivity index (χ4n) is 2.50. The van der Waals surface area contributed by atoms with Gasteiger partial charge in [0.2, 0.25) is 10.0 Å². The summed E-state index contributed by atoms with van der Waals surface area (Å²) < 4.78 is 26.7. The minimum absolute atomic E-state index is 0.0761. The second-order valence-corrected chi connectivity index (χ2v) is 7.03. The first-order chi connectivity index (χ1) is 9.82. The number of nitrogens with one attached hydrogen (secondary N) is 1. The van der Waals surface area contributed by atoms with Gasteiger partial charge in [0, 0.05) is 32.7 Å². The third-order valence-electron chi connectivity index (χ3n) is 3.63. The van der Waals surface area contributed by atoms with E-state index in [1.165, 1.54) is 4.31 Å². The number of carbonyl (C=O) groups is 1. The molecule has 0 unspecified atom stereocenters. The summed E-state index contributed by atoms with van der Waals surface area (Å²) in [5.41, 5.74) is 1.02. The molecule has 1 aliphatic rings. The molecule has 2 N–H and O–H groups in total. The smallest absolute Gasteiger partial charge is 0.304 e. The highest BCUT2D eigenvalue weighted by Gasteiger charge is 2.32. The predicted molar refractivity (Wildman–Crippen MR) is 75.5 cm³/mol. The molecule has 2 heterocycles. The lowest BCUT2D eigenvalue weighted by Crippen LogP contribution is -2.49. The van der Waals surface area contributed by atoms with Crippen molar-refractivity contribution >= 4 is 16.0 Å². The molecule has 0 bridgehead atoms. The molecule has 0 saturated carbocycles. The molecule has 0 atom stereocenters. The minimum Gasteiger partial charge on any atom is -0.481 e. The van der Waals surface area contributed by atoms with E-state index in [1.807, 2.05) is 4.90 Å². The zero-order valence-electron chi connectivity index (χ0n) is 12.2. The molecule has 8 nitrogen and oxygen atoms in total. The third kappa shape index (κ3) is 3.42. The molecule has 1 fully saturated rings. The number of aliphatic carboxylic acids is 1. The van der Waals surface area contributed by atoms with E-state index in [9.17, 15) is 13.2 Å². The standard InChI is InChI=1S/C12H20N4O4S/c1-9-12(10(2)14-13-9)21(19,20)16-7-5-15(6-8-16)4-3-11(17)18/h3-8H2,1-2H3,(H,13,14)(H,17,18). The van der Waals surface area contributed by atoms with Crippen LogP contribution in [0.3, 0.4) is 0 Å². The monoisotopic (exact) mass is 316 g/mol. The Hall–Kier alpha value is -1.45. The summed E-state index contributed by atoms with van der Waals surface area (Å²) in [7, 11) is -3.54. The number of nitrogens with zero attached hydrogens (tertiary/aromatic N) is 3. The fraction of sp³-hybridized carbons (Fsp3) is 0.667.